The first-order valence-corrected chi connectivity index (χ1v) is 6.45. The molecule has 0 atom stereocenters. The van der Waals surface area contributed by atoms with Crippen molar-refractivity contribution in [3.05, 3.63) is 30.1 Å². The number of hydrogen-bond donors (Lipinski definition) is 0. The summed E-state index contributed by atoms with van der Waals surface area (Å²) in [5.41, 5.74) is 1.03. The van der Waals surface area contributed by atoms with Gasteiger partial charge in [0.25, 0.3) is 0 Å². The van der Waals surface area contributed by atoms with Crippen LogP contribution in [0.25, 0.3) is 11.4 Å². The second-order valence-corrected chi connectivity index (χ2v) is 4.60. The van der Waals surface area contributed by atoms with Gasteiger partial charge >= 0.3 is 0 Å². The third-order valence-corrected chi connectivity index (χ3v) is 3.46. The zero-order chi connectivity index (χ0) is 12.4. The lowest BCUT2D eigenvalue weighted by molar-refractivity contribution is 0.416. The van der Waals surface area contributed by atoms with E-state index in [4.69, 9.17) is 4.74 Å². The van der Waals surface area contributed by atoms with Crippen LogP contribution >= 0.6 is 0 Å². The summed E-state index contributed by atoms with van der Waals surface area (Å²) in [5, 5.41) is 8.68. The molecule has 0 saturated carbocycles. The SMILES string of the molecule is COc1ccccc1-c1nnc2n1CCCCC2. The quantitative estimate of drug-likeness (QED) is 0.814. The molecular formula is C14H17N3O. The molecule has 0 aliphatic carbocycles. The fraction of sp³-hybridized carbons (Fsp3) is 0.429. The molecule has 2 heterocycles. The Labute approximate surface area is 107 Å². The van der Waals surface area contributed by atoms with Gasteiger partial charge in [0.1, 0.15) is 11.6 Å². The molecule has 3 rings (SSSR count). The molecule has 0 spiro atoms. The van der Waals surface area contributed by atoms with E-state index in [0.29, 0.717) is 0 Å². The minimum absolute atomic E-state index is 0.858. The minimum Gasteiger partial charge on any atom is -0.496 e. The molecule has 1 aliphatic heterocycles. The van der Waals surface area contributed by atoms with Crippen LogP contribution in [0.1, 0.15) is 25.1 Å². The van der Waals surface area contributed by atoms with E-state index in [0.717, 1.165) is 35.9 Å². The molecule has 0 N–H and O–H groups in total. The highest BCUT2D eigenvalue weighted by Crippen LogP contribution is 2.29. The maximum atomic E-state index is 5.41. The van der Waals surface area contributed by atoms with Crippen molar-refractivity contribution in [2.24, 2.45) is 0 Å². The lowest BCUT2D eigenvalue weighted by Crippen LogP contribution is -2.03. The summed E-state index contributed by atoms with van der Waals surface area (Å²) in [7, 11) is 1.69. The average Bonchev–Trinajstić information content (AvgIpc) is 2.67. The van der Waals surface area contributed by atoms with Crippen LogP contribution in [-0.2, 0) is 13.0 Å². The molecule has 1 aromatic carbocycles. The minimum atomic E-state index is 0.858. The summed E-state index contributed by atoms with van der Waals surface area (Å²) in [5.74, 6) is 2.90. The van der Waals surface area contributed by atoms with Crippen LogP contribution in [-0.4, -0.2) is 21.9 Å². The topological polar surface area (TPSA) is 39.9 Å². The van der Waals surface area contributed by atoms with Crippen molar-refractivity contribution in [1.82, 2.24) is 14.8 Å². The van der Waals surface area contributed by atoms with Crippen LogP contribution in [0.5, 0.6) is 5.75 Å². The number of methoxy groups -OCH3 is 1. The number of nitrogens with zero attached hydrogens (tertiary/aromatic N) is 3. The summed E-state index contributed by atoms with van der Waals surface area (Å²) < 4.78 is 7.65. The van der Waals surface area contributed by atoms with Gasteiger partial charge < -0.3 is 9.30 Å². The fourth-order valence-corrected chi connectivity index (χ4v) is 2.51. The van der Waals surface area contributed by atoms with Crippen molar-refractivity contribution in [3.8, 4) is 17.1 Å². The molecule has 18 heavy (non-hydrogen) atoms. The van der Waals surface area contributed by atoms with E-state index in [-0.39, 0.29) is 0 Å². The van der Waals surface area contributed by atoms with Gasteiger partial charge in [-0.25, -0.2) is 0 Å². The van der Waals surface area contributed by atoms with Gasteiger partial charge in [0.05, 0.1) is 12.7 Å². The Bertz CT molecular complexity index is 548. The summed E-state index contributed by atoms with van der Waals surface area (Å²) in [6, 6.07) is 7.99. The van der Waals surface area contributed by atoms with Crippen LogP contribution < -0.4 is 4.74 Å². The molecule has 0 bridgehead atoms. The van der Waals surface area contributed by atoms with Crippen molar-refractivity contribution >= 4 is 0 Å². The maximum absolute atomic E-state index is 5.41. The number of para-hydroxylation sites is 1. The number of ether oxygens (including phenoxy) is 1. The third kappa shape index (κ3) is 1.88. The summed E-state index contributed by atoms with van der Waals surface area (Å²) in [4.78, 5) is 0. The lowest BCUT2D eigenvalue weighted by Gasteiger charge is -2.10. The predicted molar refractivity (Wildman–Crippen MR) is 69.6 cm³/mol. The first-order chi connectivity index (χ1) is 8.90. The molecule has 94 valence electrons. The summed E-state index contributed by atoms with van der Waals surface area (Å²) >= 11 is 0. The molecular weight excluding hydrogens is 226 g/mol. The molecule has 1 aromatic heterocycles. The Balaban J connectivity index is 2.09. The van der Waals surface area contributed by atoms with Crippen LogP contribution in [0.2, 0.25) is 0 Å². The Morgan fingerprint density at radius 1 is 1.11 bits per heavy atom. The normalized spacial score (nSPS) is 14.9. The number of aryl methyl sites for hydroxylation is 1. The monoisotopic (exact) mass is 243 g/mol. The highest BCUT2D eigenvalue weighted by Gasteiger charge is 2.18. The first-order valence-electron chi connectivity index (χ1n) is 6.45. The van der Waals surface area contributed by atoms with Crippen LogP contribution in [0.4, 0.5) is 0 Å². The molecule has 0 radical (unpaired) electrons. The van der Waals surface area contributed by atoms with Crippen molar-refractivity contribution in [2.45, 2.75) is 32.2 Å². The van der Waals surface area contributed by atoms with E-state index in [1.165, 1.54) is 19.3 Å². The standard InChI is InChI=1S/C14H17N3O/c1-18-12-8-5-4-7-11(12)14-16-15-13-9-3-2-6-10-17(13)14/h4-5,7-8H,2-3,6,9-10H2,1H3. The van der Waals surface area contributed by atoms with E-state index in [9.17, 15) is 0 Å². The van der Waals surface area contributed by atoms with E-state index >= 15 is 0 Å². The van der Waals surface area contributed by atoms with Crippen LogP contribution in [0.3, 0.4) is 0 Å². The fourth-order valence-electron chi connectivity index (χ4n) is 2.51. The van der Waals surface area contributed by atoms with Gasteiger partial charge in [0, 0.05) is 13.0 Å². The van der Waals surface area contributed by atoms with Gasteiger partial charge in [-0.2, -0.15) is 0 Å². The largest absolute Gasteiger partial charge is 0.496 e. The van der Waals surface area contributed by atoms with E-state index in [1.54, 1.807) is 7.11 Å². The van der Waals surface area contributed by atoms with Gasteiger partial charge in [-0.05, 0) is 25.0 Å². The number of fused-ring (bicyclic) bond motifs is 1. The molecule has 0 saturated heterocycles. The molecule has 1 aliphatic rings. The van der Waals surface area contributed by atoms with Gasteiger partial charge in [-0.3, -0.25) is 0 Å². The van der Waals surface area contributed by atoms with Crippen molar-refractivity contribution in [3.63, 3.8) is 0 Å². The highest BCUT2D eigenvalue weighted by molar-refractivity contribution is 5.64. The smallest absolute Gasteiger partial charge is 0.167 e. The molecule has 0 fully saturated rings. The Morgan fingerprint density at radius 3 is 2.89 bits per heavy atom. The van der Waals surface area contributed by atoms with Crippen LogP contribution in [0, 0.1) is 0 Å². The van der Waals surface area contributed by atoms with Crippen LogP contribution in [0.15, 0.2) is 24.3 Å². The Morgan fingerprint density at radius 2 is 2.00 bits per heavy atom. The van der Waals surface area contributed by atoms with E-state index < -0.39 is 0 Å². The van der Waals surface area contributed by atoms with Crippen molar-refractivity contribution in [1.29, 1.82) is 0 Å². The highest BCUT2D eigenvalue weighted by atomic mass is 16.5. The zero-order valence-electron chi connectivity index (χ0n) is 10.6. The maximum Gasteiger partial charge on any atom is 0.167 e. The molecule has 2 aromatic rings. The second kappa shape index (κ2) is 4.80. The molecule has 0 unspecified atom stereocenters. The Hall–Kier alpha value is -1.84. The van der Waals surface area contributed by atoms with Gasteiger partial charge in [0.2, 0.25) is 0 Å². The lowest BCUT2D eigenvalue weighted by atomic mass is 10.2. The van der Waals surface area contributed by atoms with E-state index in [1.807, 2.05) is 24.3 Å². The number of aromatic nitrogens is 3. The number of rotatable bonds is 2. The van der Waals surface area contributed by atoms with Gasteiger partial charge in [-0.15, -0.1) is 10.2 Å². The number of benzene rings is 1. The molecule has 4 heteroatoms. The van der Waals surface area contributed by atoms with E-state index in [2.05, 4.69) is 14.8 Å². The summed E-state index contributed by atoms with van der Waals surface area (Å²) in [6.45, 7) is 1.01. The van der Waals surface area contributed by atoms with Gasteiger partial charge in [-0.1, -0.05) is 18.6 Å². The zero-order valence-corrected chi connectivity index (χ0v) is 10.6. The average molecular weight is 243 g/mol. The van der Waals surface area contributed by atoms with Crippen molar-refractivity contribution < 1.29 is 4.74 Å². The molecule has 0 amide bonds. The third-order valence-electron chi connectivity index (χ3n) is 3.46. The Kier molecular flexibility index (Phi) is 3.00. The van der Waals surface area contributed by atoms with Gasteiger partial charge in [0.15, 0.2) is 5.82 Å². The predicted octanol–water partition coefficient (Wildman–Crippen LogP) is 2.68. The first kappa shape index (κ1) is 11.3. The number of hydrogen-bond acceptors (Lipinski definition) is 3. The van der Waals surface area contributed by atoms with Crippen molar-refractivity contribution in [2.75, 3.05) is 7.11 Å². The molecule has 4 nitrogen and oxygen atoms in total. The summed E-state index contributed by atoms with van der Waals surface area (Å²) in [6.07, 6.45) is 4.72. The second-order valence-electron chi connectivity index (χ2n) is 4.60.